The molecule has 0 fully saturated rings. The van der Waals surface area contributed by atoms with E-state index in [0.29, 0.717) is 11.3 Å². The second-order valence-electron chi connectivity index (χ2n) is 6.36. The van der Waals surface area contributed by atoms with Gasteiger partial charge < -0.3 is 5.32 Å². The molecule has 0 radical (unpaired) electrons. The summed E-state index contributed by atoms with van der Waals surface area (Å²) in [6.07, 6.45) is 1.73. The number of nitrogens with one attached hydrogen (secondary N) is 1. The highest BCUT2D eigenvalue weighted by molar-refractivity contribution is 5.93. The van der Waals surface area contributed by atoms with Crippen molar-refractivity contribution in [2.45, 2.75) is 39.7 Å². The lowest BCUT2D eigenvalue weighted by molar-refractivity contribution is 0.0938. The second-order valence-corrected chi connectivity index (χ2v) is 6.36. The number of nitrogens with zero attached hydrogens (tertiary/aromatic N) is 4. The Bertz CT molecular complexity index is 868. The average molecular weight is 323 g/mol. The summed E-state index contributed by atoms with van der Waals surface area (Å²) in [6, 6.07) is 9.43. The molecule has 0 aromatic carbocycles. The molecule has 0 saturated carbocycles. The molecule has 0 spiro atoms. The van der Waals surface area contributed by atoms with Gasteiger partial charge in [-0.05, 0) is 38.0 Å². The third-order valence-corrected chi connectivity index (χ3v) is 3.63. The Kier molecular flexibility index (Phi) is 4.29. The minimum Gasteiger partial charge on any atom is -0.349 e. The predicted octanol–water partition coefficient (Wildman–Crippen LogP) is 3.05. The van der Waals surface area contributed by atoms with Gasteiger partial charge >= 0.3 is 0 Å². The Morgan fingerprint density at radius 3 is 2.54 bits per heavy atom. The summed E-state index contributed by atoms with van der Waals surface area (Å²) in [5.41, 5.74) is 3.52. The van der Waals surface area contributed by atoms with E-state index in [4.69, 9.17) is 0 Å². The molecule has 0 bridgehead atoms. The Morgan fingerprint density at radius 1 is 1.12 bits per heavy atom. The first-order chi connectivity index (χ1) is 11.5. The van der Waals surface area contributed by atoms with Gasteiger partial charge in [-0.3, -0.25) is 9.78 Å². The maximum Gasteiger partial charge on any atom is 0.270 e. The SMILES string of the molecule is CC(C)NC(=O)c1cc(C(C)C)n2nc(-c3ccccn3)cc2n1. The lowest BCUT2D eigenvalue weighted by Gasteiger charge is -2.12. The molecule has 0 aliphatic heterocycles. The van der Waals surface area contributed by atoms with Gasteiger partial charge in [0.05, 0.1) is 5.69 Å². The van der Waals surface area contributed by atoms with Crippen LogP contribution < -0.4 is 5.32 Å². The van der Waals surface area contributed by atoms with Crippen molar-refractivity contribution in [1.82, 2.24) is 24.9 Å². The Morgan fingerprint density at radius 2 is 1.92 bits per heavy atom. The summed E-state index contributed by atoms with van der Waals surface area (Å²) in [7, 11) is 0. The first-order valence-corrected chi connectivity index (χ1v) is 8.08. The van der Waals surface area contributed by atoms with Gasteiger partial charge in [0.1, 0.15) is 11.4 Å². The van der Waals surface area contributed by atoms with E-state index >= 15 is 0 Å². The molecule has 1 amide bonds. The van der Waals surface area contributed by atoms with Crippen LogP contribution in [0.5, 0.6) is 0 Å². The van der Waals surface area contributed by atoms with E-state index in [1.54, 1.807) is 10.7 Å². The van der Waals surface area contributed by atoms with Gasteiger partial charge in [0.15, 0.2) is 5.65 Å². The fourth-order valence-corrected chi connectivity index (χ4v) is 2.50. The van der Waals surface area contributed by atoms with Crippen LogP contribution in [0.15, 0.2) is 36.5 Å². The molecular formula is C18H21N5O. The van der Waals surface area contributed by atoms with Crippen LogP contribution in [0, 0.1) is 0 Å². The van der Waals surface area contributed by atoms with Crippen molar-refractivity contribution in [3.05, 3.63) is 47.9 Å². The highest BCUT2D eigenvalue weighted by Crippen LogP contribution is 2.22. The molecule has 24 heavy (non-hydrogen) atoms. The van der Waals surface area contributed by atoms with E-state index < -0.39 is 0 Å². The van der Waals surface area contributed by atoms with Crippen molar-refractivity contribution in [3.8, 4) is 11.4 Å². The summed E-state index contributed by atoms with van der Waals surface area (Å²) in [5.74, 6) is 0.0348. The number of carbonyl (C=O) groups is 1. The van der Waals surface area contributed by atoms with E-state index in [2.05, 4.69) is 34.2 Å². The molecule has 0 aliphatic rings. The minimum absolute atomic E-state index is 0.0621. The fourth-order valence-electron chi connectivity index (χ4n) is 2.50. The van der Waals surface area contributed by atoms with Crippen LogP contribution in [-0.2, 0) is 0 Å². The maximum atomic E-state index is 12.3. The van der Waals surface area contributed by atoms with Crippen LogP contribution in [0.3, 0.4) is 0 Å². The van der Waals surface area contributed by atoms with Crippen molar-refractivity contribution in [2.75, 3.05) is 0 Å². The van der Waals surface area contributed by atoms with Crippen LogP contribution >= 0.6 is 0 Å². The van der Waals surface area contributed by atoms with Crippen molar-refractivity contribution >= 4 is 11.6 Å². The van der Waals surface area contributed by atoms with E-state index in [0.717, 1.165) is 17.1 Å². The molecule has 0 unspecified atom stereocenters. The molecule has 6 heteroatoms. The van der Waals surface area contributed by atoms with Gasteiger partial charge in [-0.2, -0.15) is 5.10 Å². The molecule has 6 nitrogen and oxygen atoms in total. The molecule has 0 saturated heterocycles. The van der Waals surface area contributed by atoms with Crippen LogP contribution in [-0.4, -0.2) is 31.5 Å². The Balaban J connectivity index is 2.13. The van der Waals surface area contributed by atoms with Crippen LogP contribution in [0.1, 0.15) is 49.8 Å². The van der Waals surface area contributed by atoms with E-state index in [-0.39, 0.29) is 17.9 Å². The predicted molar refractivity (Wildman–Crippen MR) is 92.9 cm³/mol. The average Bonchev–Trinajstić information content (AvgIpc) is 2.97. The number of hydrogen-bond donors (Lipinski definition) is 1. The summed E-state index contributed by atoms with van der Waals surface area (Å²) in [6.45, 7) is 8.00. The van der Waals surface area contributed by atoms with Crippen molar-refractivity contribution in [1.29, 1.82) is 0 Å². The Labute approximate surface area is 141 Å². The fraction of sp³-hybridized carbons (Fsp3) is 0.333. The summed E-state index contributed by atoms with van der Waals surface area (Å²) in [5, 5.41) is 7.51. The van der Waals surface area contributed by atoms with Crippen LogP contribution in [0.25, 0.3) is 17.0 Å². The van der Waals surface area contributed by atoms with E-state index in [9.17, 15) is 4.79 Å². The monoisotopic (exact) mass is 323 g/mol. The van der Waals surface area contributed by atoms with Gasteiger partial charge in [0.25, 0.3) is 5.91 Å². The standard InChI is InChI=1S/C18H21N5O/c1-11(2)16-9-15(18(24)20-12(3)4)21-17-10-14(22-23(16)17)13-7-5-6-8-19-13/h5-12H,1-4H3,(H,20,24). The zero-order valence-electron chi connectivity index (χ0n) is 14.3. The molecule has 3 aromatic heterocycles. The molecule has 3 heterocycles. The Hall–Kier alpha value is -2.76. The second kappa shape index (κ2) is 6.39. The lowest BCUT2D eigenvalue weighted by Crippen LogP contribution is -2.31. The number of hydrogen-bond acceptors (Lipinski definition) is 4. The number of pyridine rings is 1. The van der Waals surface area contributed by atoms with Crippen molar-refractivity contribution in [3.63, 3.8) is 0 Å². The number of carbonyl (C=O) groups excluding carboxylic acids is 1. The number of aromatic nitrogens is 4. The highest BCUT2D eigenvalue weighted by Gasteiger charge is 2.17. The quantitative estimate of drug-likeness (QED) is 0.801. The summed E-state index contributed by atoms with van der Waals surface area (Å²) >= 11 is 0. The molecule has 3 rings (SSSR count). The number of fused-ring (bicyclic) bond motifs is 1. The highest BCUT2D eigenvalue weighted by atomic mass is 16.1. The topological polar surface area (TPSA) is 72.2 Å². The van der Waals surface area contributed by atoms with Gasteiger partial charge in [-0.25, -0.2) is 9.50 Å². The summed E-state index contributed by atoms with van der Waals surface area (Å²) in [4.78, 5) is 21.1. The van der Waals surface area contributed by atoms with Crippen LogP contribution in [0.2, 0.25) is 0 Å². The van der Waals surface area contributed by atoms with E-state index in [1.807, 2.05) is 44.2 Å². The third kappa shape index (κ3) is 3.13. The normalized spacial score (nSPS) is 11.4. The molecule has 0 atom stereocenters. The molecule has 3 aromatic rings. The van der Waals surface area contributed by atoms with Gasteiger partial charge in [-0.15, -0.1) is 0 Å². The summed E-state index contributed by atoms with van der Waals surface area (Å²) < 4.78 is 1.79. The van der Waals surface area contributed by atoms with Crippen molar-refractivity contribution < 1.29 is 4.79 Å². The smallest absolute Gasteiger partial charge is 0.270 e. The van der Waals surface area contributed by atoms with E-state index in [1.165, 1.54) is 0 Å². The zero-order valence-corrected chi connectivity index (χ0v) is 14.3. The van der Waals surface area contributed by atoms with Gasteiger partial charge in [0.2, 0.25) is 0 Å². The third-order valence-electron chi connectivity index (χ3n) is 3.63. The number of amides is 1. The molecule has 1 N–H and O–H groups in total. The molecule has 124 valence electrons. The first kappa shape index (κ1) is 16.1. The molecule has 0 aliphatic carbocycles. The maximum absolute atomic E-state index is 12.3. The molecular weight excluding hydrogens is 302 g/mol. The zero-order chi connectivity index (χ0) is 17.3. The lowest BCUT2D eigenvalue weighted by atomic mass is 10.1. The van der Waals surface area contributed by atoms with Crippen LogP contribution in [0.4, 0.5) is 0 Å². The number of rotatable bonds is 4. The largest absolute Gasteiger partial charge is 0.349 e. The van der Waals surface area contributed by atoms with Gasteiger partial charge in [-0.1, -0.05) is 19.9 Å². The minimum atomic E-state index is -0.171. The first-order valence-electron chi connectivity index (χ1n) is 8.08. The van der Waals surface area contributed by atoms with Gasteiger partial charge in [0, 0.05) is 24.0 Å². The van der Waals surface area contributed by atoms with Crippen molar-refractivity contribution in [2.24, 2.45) is 0 Å².